The fourth-order valence-electron chi connectivity index (χ4n) is 6.92. The largest absolute Gasteiger partial charge is 0.475 e. The number of benzene rings is 1. The lowest BCUT2D eigenvalue weighted by Gasteiger charge is -2.49. The van der Waals surface area contributed by atoms with E-state index in [9.17, 15) is 14.0 Å². The van der Waals surface area contributed by atoms with E-state index >= 15 is 0 Å². The summed E-state index contributed by atoms with van der Waals surface area (Å²) in [5, 5.41) is 0. The molecule has 50 heavy (non-hydrogen) atoms. The molecule has 1 aromatic heterocycles. The second-order valence-electron chi connectivity index (χ2n) is 14.8. The number of nitrogens with zero attached hydrogens (tertiary/aromatic N) is 5. The quantitative estimate of drug-likeness (QED) is 0.332. The first-order valence-electron chi connectivity index (χ1n) is 17.7. The van der Waals surface area contributed by atoms with Crippen molar-refractivity contribution in [2.24, 2.45) is 0 Å². The van der Waals surface area contributed by atoms with Gasteiger partial charge in [-0.2, -0.15) is 4.98 Å². The predicted octanol–water partition coefficient (Wildman–Crippen LogP) is 4.37. The third-order valence-corrected chi connectivity index (χ3v) is 9.47. The number of aromatic nitrogens is 1. The highest BCUT2D eigenvalue weighted by Gasteiger charge is 2.41. The zero-order chi connectivity index (χ0) is 36.2. The van der Waals surface area contributed by atoms with Gasteiger partial charge >= 0.3 is 6.09 Å². The maximum Gasteiger partial charge on any atom is 0.410 e. The number of piperazine rings is 1. The first-order chi connectivity index (χ1) is 23.7. The van der Waals surface area contributed by atoms with Crippen LogP contribution in [0.5, 0.6) is 11.8 Å². The number of carbonyl (C=O) groups is 2. The average molecular weight is 700 g/mol. The fraction of sp³-hybridized carbons (Fsp3) is 0.649. The van der Waals surface area contributed by atoms with Crippen LogP contribution in [0.1, 0.15) is 59.6 Å². The van der Waals surface area contributed by atoms with E-state index in [-0.39, 0.29) is 67.8 Å². The van der Waals surface area contributed by atoms with Gasteiger partial charge in [0.15, 0.2) is 0 Å². The van der Waals surface area contributed by atoms with Crippen molar-refractivity contribution in [2.45, 2.75) is 90.7 Å². The number of morpholine rings is 1. The molecule has 4 heterocycles. The van der Waals surface area contributed by atoms with Gasteiger partial charge in [0.05, 0.1) is 32.4 Å². The van der Waals surface area contributed by atoms with E-state index in [2.05, 4.69) is 23.6 Å². The lowest BCUT2D eigenvalue weighted by atomic mass is 10.0. The van der Waals surface area contributed by atoms with Crippen LogP contribution >= 0.6 is 0 Å². The summed E-state index contributed by atoms with van der Waals surface area (Å²) in [7, 11) is 1.60. The summed E-state index contributed by atoms with van der Waals surface area (Å²) in [6.07, 6.45) is 0.0737. The van der Waals surface area contributed by atoms with Crippen molar-refractivity contribution >= 4 is 17.7 Å². The highest BCUT2D eigenvalue weighted by Crippen LogP contribution is 2.38. The third-order valence-electron chi connectivity index (χ3n) is 9.47. The van der Waals surface area contributed by atoms with Gasteiger partial charge in [-0.1, -0.05) is 12.1 Å². The molecule has 3 aliphatic rings. The van der Waals surface area contributed by atoms with Gasteiger partial charge in [-0.3, -0.25) is 14.6 Å². The monoisotopic (exact) mass is 699 g/mol. The summed E-state index contributed by atoms with van der Waals surface area (Å²) in [5.74, 6) is 0.302. The van der Waals surface area contributed by atoms with Crippen LogP contribution in [0, 0.1) is 5.82 Å². The van der Waals surface area contributed by atoms with Crippen LogP contribution in [0.25, 0.3) is 0 Å². The number of ether oxygens (including phenoxy) is 5. The second kappa shape index (κ2) is 16.2. The van der Waals surface area contributed by atoms with Crippen LogP contribution in [0.4, 0.5) is 14.9 Å². The Morgan fingerprint density at radius 1 is 0.960 bits per heavy atom. The molecule has 1 aromatic carbocycles. The Morgan fingerprint density at radius 2 is 1.66 bits per heavy atom. The topological polar surface area (TPSA) is 106 Å². The number of anilines is 1. The number of pyridine rings is 1. The smallest absolute Gasteiger partial charge is 0.410 e. The Balaban J connectivity index is 1.43. The van der Waals surface area contributed by atoms with Crippen LogP contribution in [-0.4, -0.2) is 134 Å². The van der Waals surface area contributed by atoms with Crippen molar-refractivity contribution in [3.8, 4) is 11.8 Å². The summed E-state index contributed by atoms with van der Waals surface area (Å²) < 4.78 is 42.5. The van der Waals surface area contributed by atoms with Crippen LogP contribution < -0.4 is 14.4 Å². The molecule has 3 aliphatic heterocycles. The zero-order valence-electron chi connectivity index (χ0n) is 30.8. The molecule has 0 bridgehead atoms. The molecule has 0 aliphatic carbocycles. The number of halogens is 1. The molecular formula is C37H54FN5O7. The van der Waals surface area contributed by atoms with Gasteiger partial charge in [0.25, 0.3) is 0 Å². The van der Waals surface area contributed by atoms with Gasteiger partial charge in [-0.25, -0.2) is 9.18 Å². The Bertz CT molecular complexity index is 1460. The van der Waals surface area contributed by atoms with E-state index in [4.69, 9.17) is 28.7 Å². The highest BCUT2D eigenvalue weighted by atomic mass is 19.1. The standard InChI is InChI=1S/C37H54FN5O7/c1-24-17-40(31(18-41-25(2)21-47-22-26(41)3)19-42(24)36(45)50-37(5,6)7)20-33(44)43-27(4)23-49-35-32(43)16-29(34(39-35)48-14-13-46-8)15-28-9-11-30(38)12-10-28/h9-12,16,24-27,31H,13-15,17-23H2,1-8H3/t24-,25-,26-,27+,31+/m1/s1. The zero-order valence-corrected chi connectivity index (χ0v) is 30.8. The van der Waals surface area contributed by atoms with Crippen LogP contribution in [0.15, 0.2) is 30.3 Å². The number of hydrogen-bond acceptors (Lipinski definition) is 10. The van der Waals surface area contributed by atoms with E-state index in [1.165, 1.54) is 12.1 Å². The Labute approximate surface area is 295 Å². The number of hydrogen-bond donors (Lipinski definition) is 0. The molecule has 0 N–H and O–H groups in total. The fourth-order valence-corrected chi connectivity index (χ4v) is 6.92. The molecule has 2 amide bonds. The minimum atomic E-state index is -0.620. The molecule has 0 unspecified atom stereocenters. The Hall–Kier alpha value is -3.52. The van der Waals surface area contributed by atoms with Gasteiger partial charge < -0.3 is 33.5 Å². The summed E-state index contributed by atoms with van der Waals surface area (Å²) in [4.78, 5) is 40.8. The summed E-state index contributed by atoms with van der Waals surface area (Å²) in [5.41, 5.74) is 1.57. The van der Waals surface area contributed by atoms with E-state index < -0.39 is 5.60 Å². The molecule has 2 aromatic rings. The molecule has 0 radical (unpaired) electrons. The van der Waals surface area contributed by atoms with Crippen molar-refractivity contribution in [1.82, 2.24) is 19.7 Å². The van der Waals surface area contributed by atoms with E-state index in [1.54, 1.807) is 29.0 Å². The maximum atomic E-state index is 14.5. The van der Waals surface area contributed by atoms with Crippen LogP contribution in [0.2, 0.25) is 0 Å². The summed E-state index contributed by atoms with van der Waals surface area (Å²) in [6.45, 7) is 17.8. The number of rotatable bonds is 10. The molecule has 5 rings (SSSR count). The van der Waals surface area contributed by atoms with Crippen LogP contribution in [0.3, 0.4) is 0 Å². The van der Waals surface area contributed by atoms with Crippen molar-refractivity contribution < 1.29 is 37.7 Å². The molecule has 2 saturated heterocycles. The molecule has 5 atom stereocenters. The van der Waals surface area contributed by atoms with Gasteiger partial charge in [-0.15, -0.1) is 0 Å². The first-order valence-corrected chi connectivity index (χ1v) is 17.7. The molecule has 2 fully saturated rings. The summed E-state index contributed by atoms with van der Waals surface area (Å²) in [6, 6.07) is 8.05. The normalized spacial score (nSPS) is 24.8. The average Bonchev–Trinajstić information content (AvgIpc) is 3.04. The first kappa shape index (κ1) is 37.7. The van der Waals surface area contributed by atoms with Crippen molar-refractivity contribution in [3.63, 3.8) is 0 Å². The molecule has 276 valence electrons. The lowest BCUT2D eigenvalue weighted by Crippen LogP contribution is -2.65. The predicted molar refractivity (Wildman–Crippen MR) is 187 cm³/mol. The second-order valence-corrected chi connectivity index (χ2v) is 14.8. The van der Waals surface area contributed by atoms with Crippen molar-refractivity contribution in [3.05, 3.63) is 47.3 Å². The maximum absolute atomic E-state index is 14.5. The van der Waals surface area contributed by atoms with E-state index in [1.807, 2.05) is 40.7 Å². The van der Waals surface area contributed by atoms with Gasteiger partial charge in [-0.05, 0) is 72.2 Å². The highest BCUT2D eigenvalue weighted by molar-refractivity contribution is 5.97. The van der Waals surface area contributed by atoms with Gasteiger partial charge in [0, 0.05) is 62.9 Å². The number of fused-ring (bicyclic) bond motifs is 1. The van der Waals surface area contributed by atoms with Crippen LogP contribution in [-0.2, 0) is 25.4 Å². The number of methoxy groups -OCH3 is 1. The van der Waals surface area contributed by atoms with Crippen molar-refractivity contribution in [2.75, 3.05) is 71.2 Å². The van der Waals surface area contributed by atoms with Gasteiger partial charge in [0.2, 0.25) is 17.7 Å². The molecule has 12 nitrogen and oxygen atoms in total. The minimum absolute atomic E-state index is 0.0874. The van der Waals surface area contributed by atoms with Gasteiger partial charge in [0.1, 0.15) is 30.3 Å². The minimum Gasteiger partial charge on any atom is -0.475 e. The third kappa shape index (κ3) is 9.22. The Kier molecular flexibility index (Phi) is 12.2. The molecule has 0 spiro atoms. The molecule has 0 saturated carbocycles. The van der Waals surface area contributed by atoms with E-state index in [0.29, 0.717) is 63.3 Å². The SMILES string of the molecule is COCCOc1nc2c(cc1Cc1ccc(F)cc1)N(C(=O)CN1C[C@@H](C)N(C(=O)OC(C)(C)C)C[C@@H]1CN1[C@H](C)COC[C@H]1C)[C@@H](C)CO2. The number of amides is 2. The summed E-state index contributed by atoms with van der Waals surface area (Å²) >= 11 is 0. The van der Waals surface area contributed by atoms with E-state index in [0.717, 1.165) is 11.1 Å². The lowest BCUT2D eigenvalue weighted by molar-refractivity contribution is -0.123. The molecular weight excluding hydrogens is 645 g/mol. The number of carbonyl (C=O) groups excluding carboxylic acids is 2. The Morgan fingerprint density at radius 3 is 2.32 bits per heavy atom. The van der Waals surface area contributed by atoms with Crippen molar-refractivity contribution in [1.29, 1.82) is 0 Å². The molecule has 13 heteroatoms.